The van der Waals surface area contributed by atoms with E-state index in [0.717, 1.165) is 41.6 Å². The fourth-order valence-electron chi connectivity index (χ4n) is 4.02. The van der Waals surface area contributed by atoms with Crippen molar-refractivity contribution in [1.29, 1.82) is 0 Å². The Morgan fingerprint density at radius 1 is 1.40 bits per heavy atom. The van der Waals surface area contributed by atoms with Crippen molar-refractivity contribution < 1.29 is 4.79 Å². The Morgan fingerprint density at radius 3 is 2.90 bits per heavy atom. The van der Waals surface area contributed by atoms with Crippen LogP contribution < -0.4 is 5.32 Å². The van der Waals surface area contributed by atoms with E-state index in [1.807, 2.05) is 25.1 Å². The summed E-state index contributed by atoms with van der Waals surface area (Å²) in [6.07, 6.45) is 5.96. The van der Waals surface area contributed by atoms with Crippen molar-refractivity contribution >= 4 is 16.8 Å². The normalized spacial score (nSPS) is 28.1. The molecule has 104 valence electrons. The number of aromatic nitrogens is 2. The smallest absolute Gasteiger partial charge is 0.270 e. The first-order chi connectivity index (χ1) is 9.67. The topological polar surface area (TPSA) is 57.8 Å². The zero-order chi connectivity index (χ0) is 13.7. The van der Waals surface area contributed by atoms with Gasteiger partial charge in [0.05, 0.1) is 5.52 Å². The van der Waals surface area contributed by atoms with Gasteiger partial charge in [-0.2, -0.15) is 5.10 Å². The first kappa shape index (κ1) is 11.9. The second-order valence-electron chi connectivity index (χ2n) is 6.45. The Balaban J connectivity index is 1.66. The van der Waals surface area contributed by atoms with Crippen molar-refractivity contribution in [3.63, 3.8) is 0 Å². The summed E-state index contributed by atoms with van der Waals surface area (Å²) in [5.41, 5.74) is 2.65. The van der Waals surface area contributed by atoms with E-state index in [-0.39, 0.29) is 11.4 Å². The van der Waals surface area contributed by atoms with Crippen LogP contribution in [0.5, 0.6) is 0 Å². The fraction of sp³-hybridized carbons (Fsp3) is 0.500. The molecule has 0 radical (unpaired) electrons. The van der Waals surface area contributed by atoms with Gasteiger partial charge in [-0.15, -0.1) is 0 Å². The van der Waals surface area contributed by atoms with Crippen LogP contribution in [0.2, 0.25) is 0 Å². The van der Waals surface area contributed by atoms with Crippen molar-refractivity contribution in [3.05, 3.63) is 29.5 Å². The number of carbonyl (C=O) groups is 1. The third-order valence-corrected chi connectivity index (χ3v) is 5.13. The number of para-hydroxylation sites is 1. The number of aryl methyl sites for hydroxylation is 1. The van der Waals surface area contributed by atoms with Crippen LogP contribution in [0.3, 0.4) is 0 Å². The average molecular weight is 269 g/mol. The van der Waals surface area contributed by atoms with Gasteiger partial charge in [-0.05, 0) is 50.5 Å². The van der Waals surface area contributed by atoms with E-state index in [9.17, 15) is 4.79 Å². The summed E-state index contributed by atoms with van der Waals surface area (Å²) in [6, 6.07) is 5.95. The lowest BCUT2D eigenvalue weighted by atomic mass is 9.93. The Hall–Kier alpha value is -1.84. The third-order valence-electron chi connectivity index (χ3n) is 5.13. The predicted molar refractivity (Wildman–Crippen MR) is 77.6 cm³/mol. The van der Waals surface area contributed by atoms with Crippen LogP contribution in [-0.4, -0.2) is 21.6 Å². The number of nitrogens with zero attached hydrogens (tertiary/aromatic N) is 1. The molecule has 4 nitrogen and oxygen atoms in total. The van der Waals surface area contributed by atoms with Gasteiger partial charge in [-0.1, -0.05) is 18.2 Å². The minimum absolute atomic E-state index is 0.000602. The highest BCUT2D eigenvalue weighted by atomic mass is 16.2. The van der Waals surface area contributed by atoms with Crippen molar-refractivity contribution in [2.24, 2.45) is 5.92 Å². The molecule has 1 amide bonds. The number of rotatable bonds is 2. The van der Waals surface area contributed by atoms with Gasteiger partial charge in [-0.3, -0.25) is 9.89 Å². The zero-order valence-electron chi connectivity index (χ0n) is 11.7. The molecule has 0 atom stereocenters. The maximum Gasteiger partial charge on any atom is 0.270 e. The first-order valence-electron chi connectivity index (χ1n) is 7.43. The summed E-state index contributed by atoms with van der Waals surface area (Å²) in [4.78, 5) is 12.6. The number of nitrogens with one attached hydrogen (secondary N) is 2. The molecule has 2 saturated carbocycles. The van der Waals surface area contributed by atoms with Crippen molar-refractivity contribution in [1.82, 2.24) is 15.5 Å². The highest BCUT2D eigenvalue weighted by Crippen LogP contribution is 2.47. The number of H-pyrrole nitrogens is 1. The summed E-state index contributed by atoms with van der Waals surface area (Å²) in [5, 5.41) is 11.4. The van der Waals surface area contributed by atoms with Crippen LogP contribution in [0, 0.1) is 12.8 Å². The Bertz CT molecular complexity index is 680. The summed E-state index contributed by atoms with van der Waals surface area (Å²) in [6.45, 7) is 2.02. The largest absolute Gasteiger partial charge is 0.345 e. The molecule has 0 unspecified atom stereocenters. The molecule has 1 heterocycles. The molecule has 4 heteroatoms. The van der Waals surface area contributed by atoms with Gasteiger partial charge in [0.1, 0.15) is 5.69 Å². The van der Waals surface area contributed by atoms with E-state index in [1.54, 1.807) is 0 Å². The van der Waals surface area contributed by atoms with Gasteiger partial charge < -0.3 is 5.32 Å². The van der Waals surface area contributed by atoms with E-state index in [2.05, 4.69) is 15.5 Å². The summed E-state index contributed by atoms with van der Waals surface area (Å²) >= 11 is 0. The maximum atomic E-state index is 12.6. The van der Waals surface area contributed by atoms with Crippen LogP contribution in [0.1, 0.15) is 48.2 Å². The van der Waals surface area contributed by atoms with Gasteiger partial charge in [0.15, 0.2) is 0 Å². The SMILES string of the molecule is Cc1cccc2c(C(=O)NC34CCC(CC3)C4)[nH]nc12. The minimum atomic E-state index is 0.000602. The standard InChI is InChI=1S/C16H19N3O/c1-10-3-2-4-12-13(10)18-19-14(12)15(20)17-16-7-5-11(9-16)6-8-16/h2-4,11H,5-9H2,1H3,(H,17,20)(H,18,19). The van der Waals surface area contributed by atoms with Crippen molar-refractivity contribution in [2.45, 2.75) is 44.6 Å². The van der Waals surface area contributed by atoms with Crippen LogP contribution in [0.25, 0.3) is 10.9 Å². The molecule has 1 aromatic carbocycles. The lowest BCUT2D eigenvalue weighted by Crippen LogP contribution is -2.45. The lowest BCUT2D eigenvalue weighted by molar-refractivity contribution is 0.0897. The highest BCUT2D eigenvalue weighted by molar-refractivity contribution is 6.05. The number of carbonyl (C=O) groups excluding carboxylic acids is 1. The van der Waals surface area contributed by atoms with Gasteiger partial charge in [0, 0.05) is 10.9 Å². The predicted octanol–water partition coefficient (Wildman–Crippen LogP) is 2.93. The van der Waals surface area contributed by atoms with E-state index < -0.39 is 0 Å². The molecule has 2 bridgehead atoms. The van der Waals surface area contributed by atoms with Crippen molar-refractivity contribution in [3.8, 4) is 0 Å². The van der Waals surface area contributed by atoms with Crippen LogP contribution in [0.4, 0.5) is 0 Å². The van der Waals surface area contributed by atoms with E-state index in [4.69, 9.17) is 0 Å². The summed E-state index contributed by atoms with van der Waals surface area (Å²) in [7, 11) is 0. The molecule has 2 aliphatic carbocycles. The van der Waals surface area contributed by atoms with Gasteiger partial charge in [0.2, 0.25) is 0 Å². The molecule has 2 aromatic rings. The molecule has 2 N–H and O–H groups in total. The number of hydrogen-bond acceptors (Lipinski definition) is 2. The Morgan fingerprint density at radius 2 is 2.20 bits per heavy atom. The molecule has 0 aliphatic heterocycles. The quantitative estimate of drug-likeness (QED) is 0.880. The lowest BCUT2D eigenvalue weighted by Gasteiger charge is -2.27. The third kappa shape index (κ3) is 1.67. The zero-order valence-corrected chi connectivity index (χ0v) is 11.7. The second-order valence-corrected chi connectivity index (χ2v) is 6.45. The van der Waals surface area contributed by atoms with Gasteiger partial charge in [0.25, 0.3) is 5.91 Å². The fourth-order valence-corrected chi connectivity index (χ4v) is 4.02. The van der Waals surface area contributed by atoms with Crippen molar-refractivity contribution in [2.75, 3.05) is 0 Å². The molecule has 0 spiro atoms. The molecule has 20 heavy (non-hydrogen) atoms. The molecular weight excluding hydrogens is 250 g/mol. The minimum Gasteiger partial charge on any atom is -0.345 e. The van der Waals surface area contributed by atoms with Gasteiger partial charge in [-0.25, -0.2) is 0 Å². The number of amides is 1. The monoisotopic (exact) mass is 269 g/mol. The summed E-state index contributed by atoms with van der Waals surface area (Å²) < 4.78 is 0. The Kier molecular flexibility index (Phi) is 2.43. The second kappa shape index (κ2) is 4.08. The van der Waals surface area contributed by atoms with E-state index in [1.165, 1.54) is 12.8 Å². The van der Waals surface area contributed by atoms with Gasteiger partial charge >= 0.3 is 0 Å². The number of benzene rings is 1. The molecule has 2 fully saturated rings. The number of hydrogen-bond donors (Lipinski definition) is 2. The van der Waals surface area contributed by atoms with Crippen LogP contribution in [-0.2, 0) is 0 Å². The molecule has 0 saturated heterocycles. The molecule has 4 rings (SSSR count). The molecule has 2 aliphatic rings. The molecular formula is C16H19N3O. The first-order valence-corrected chi connectivity index (χ1v) is 7.43. The highest BCUT2D eigenvalue weighted by Gasteiger charge is 2.45. The molecule has 1 aromatic heterocycles. The van der Waals surface area contributed by atoms with Crippen LogP contribution in [0.15, 0.2) is 18.2 Å². The number of fused-ring (bicyclic) bond motifs is 3. The van der Waals surface area contributed by atoms with E-state index >= 15 is 0 Å². The Labute approximate surface area is 117 Å². The summed E-state index contributed by atoms with van der Waals surface area (Å²) in [5.74, 6) is 0.830. The maximum absolute atomic E-state index is 12.6. The van der Waals surface area contributed by atoms with E-state index in [0.29, 0.717) is 5.69 Å². The number of aromatic amines is 1. The average Bonchev–Trinajstić information content (AvgIpc) is 3.11. The van der Waals surface area contributed by atoms with Crippen LogP contribution >= 0.6 is 0 Å².